The Bertz CT molecular complexity index is 573. The normalized spacial score (nSPS) is 10.8. The van der Waals surface area contributed by atoms with E-state index in [-0.39, 0.29) is 19.1 Å². The van der Waals surface area contributed by atoms with E-state index in [1.807, 2.05) is 12.1 Å². The van der Waals surface area contributed by atoms with Crippen molar-refractivity contribution < 1.29 is 9.53 Å². The van der Waals surface area contributed by atoms with E-state index in [0.717, 1.165) is 5.56 Å². The number of nitrogens with zero attached hydrogens (tertiary/aromatic N) is 2. The lowest BCUT2D eigenvalue weighted by Crippen LogP contribution is -2.14. The van der Waals surface area contributed by atoms with Crippen molar-refractivity contribution >= 4 is 11.8 Å². The second-order valence-electron chi connectivity index (χ2n) is 5.00. The van der Waals surface area contributed by atoms with Gasteiger partial charge in [0.2, 0.25) is 0 Å². The number of benzene rings is 1. The zero-order chi connectivity index (χ0) is 14.5. The lowest BCUT2D eigenvalue weighted by molar-refractivity contribution is -0.145. The van der Waals surface area contributed by atoms with Crippen LogP contribution in [0.4, 0.5) is 5.82 Å². The van der Waals surface area contributed by atoms with Gasteiger partial charge in [-0.3, -0.25) is 9.48 Å². The predicted molar refractivity (Wildman–Crippen MR) is 77.0 cm³/mol. The molecule has 0 unspecified atom stereocenters. The largest absolute Gasteiger partial charge is 0.459 e. The molecule has 1 aromatic heterocycles. The molecule has 20 heavy (non-hydrogen) atoms. The van der Waals surface area contributed by atoms with Crippen molar-refractivity contribution in [2.24, 2.45) is 0 Å². The summed E-state index contributed by atoms with van der Waals surface area (Å²) < 4.78 is 6.66. The molecule has 0 radical (unpaired) electrons. The Morgan fingerprint density at radius 3 is 2.55 bits per heavy atom. The maximum atomic E-state index is 11.6. The first-order valence-electron chi connectivity index (χ1n) is 6.58. The highest BCUT2D eigenvalue weighted by atomic mass is 16.5. The monoisotopic (exact) mass is 273 g/mol. The first-order chi connectivity index (χ1) is 9.54. The third kappa shape index (κ3) is 3.85. The summed E-state index contributed by atoms with van der Waals surface area (Å²) in [7, 11) is 0. The van der Waals surface area contributed by atoms with Crippen molar-refractivity contribution in [1.82, 2.24) is 9.78 Å². The molecule has 0 bridgehead atoms. The zero-order valence-electron chi connectivity index (χ0n) is 11.7. The number of hydrogen-bond donors (Lipinski definition) is 1. The van der Waals surface area contributed by atoms with E-state index >= 15 is 0 Å². The highest BCUT2D eigenvalue weighted by Gasteiger charge is 2.06. The Kier molecular flexibility index (Phi) is 4.40. The summed E-state index contributed by atoms with van der Waals surface area (Å²) in [5.41, 5.74) is 7.72. The average Bonchev–Trinajstić information content (AvgIpc) is 2.82. The van der Waals surface area contributed by atoms with Gasteiger partial charge < -0.3 is 10.5 Å². The van der Waals surface area contributed by atoms with E-state index in [1.165, 1.54) is 10.2 Å². The summed E-state index contributed by atoms with van der Waals surface area (Å²) in [5.74, 6) is 0.556. The summed E-state index contributed by atoms with van der Waals surface area (Å²) in [4.78, 5) is 11.6. The van der Waals surface area contributed by atoms with Crippen LogP contribution >= 0.6 is 0 Å². The number of esters is 1. The van der Waals surface area contributed by atoms with Crippen LogP contribution in [0.1, 0.15) is 30.9 Å². The van der Waals surface area contributed by atoms with Gasteiger partial charge in [-0.25, -0.2) is 0 Å². The van der Waals surface area contributed by atoms with Crippen molar-refractivity contribution in [2.75, 3.05) is 5.73 Å². The minimum absolute atomic E-state index is 0.0707. The first kappa shape index (κ1) is 14.1. The topological polar surface area (TPSA) is 70.1 Å². The van der Waals surface area contributed by atoms with Gasteiger partial charge in [-0.1, -0.05) is 38.1 Å². The van der Waals surface area contributed by atoms with Crippen LogP contribution in [-0.2, 0) is 22.7 Å². The summed E-state index contributed by atoms with van der Waals surface area (Å²) >= 11 is 0. The molecule has 2 rings (SSSR count). The highest BCUT2D eigenvalue weighted by molar-refractivity contribution is 5.69. The maximum Gasteiger partial charge on any atom is 0.328 e. The Balaban J connectivity index is 1.83. The molecule has 106 valence electrons. The number of carbonyl (C=O) groups excluding carboxylic acids is 1. The molecule has 5 nitrogen and oxygen atoms in total. The summed E-state index contributed by atoms with van der Waals surface area (Å²) in [6.07, 6.45) is 1.65. The number of ether oxygens (including phenoxy) is 1. The van der Waals surface area contributed by atoms with Crippen LogP contribution in [0.15, 0.2) is 36.5 Å². The molecule has 1 heterocycles. The number of nitrogen functional groups attached to an aromatic ring is 1. The molecular formula is C15H19N3O2. The van der Waals surface area contributed by atoms with Gasteiger partial charge >= 0.3 is 5.97 Å². The number of aromatic nitrogens is 2. The van der Waals surface area contributed by atoms with Gasteiger partial charge in [0.15, 0.2) is 0 Å². The van der Waals surface area contributed by atoms with E-state index in [1.54, 1.807) is 12.3 Å². The zero-order valence-corrected chi connectivity index (χ0v) is 11.7. The fourth-order valence-corrected chi connectivity index (χ4v) is 1.81. The summed E-state index contributed by atoms with van der Waals surface area (Å²) in [6.45, 7) is 4.63. The second kappa shape index (κ2) is 6.23. The molecule has 2 aromatic rings. The molecule has 0 spiro atoms. The van der Waals surface area contributed by atoms with E-state index < -0.39 is 0 Å². The quantitative estimate of drug-likeness (QED) is 0.849. The molecule has 0 aliphatic carbocycles. The fraction of sp³-hybridized carbons (Fsp3) is 0.333. The Labute approximate surface area is 118 Å². The number of hydrogen-bond acceptors (Lipinski definition) is 4. The fourth-order valence-electron chi connectivity index (χ4n) is 1.81. The van der Waals surface area contributed by atoms with Gasteiger partial charge in [-0.05, 0) is 23.1 Å². The lowest BCUT2D eigenvalue weighted by atomic mass is 10.0. The summed E-state index contributed by atoms with van der Waals surface area (Å²) in [5, 5.41) is 3.93. The summed E-state index contributed by atoms with van der Waals surface area (Å²) in [6, 6.07) is 9.71. The van der Waals surface area contributed by atoms with Gasteiger partial charge in [0.25, 0.3) is 0 Å². The molecule has 5 heteroatoms. The number of nitrogens with two attached hydrogens (primary N) is 1. The van der Waals surface area contributed by atoms with Crippen molar-refractivity contribution in [3.63, 3.8) is 0 Å². The van der Waals surface area contributed by atoms with Crippen LogP contribution in [0.3, 0.4) is 0 Å². The molecule has 0 fully saturated rings. The van der Waals surface area contributed by atoms with Crippen LogP contribution in [0.2, 0.25) is 0 Å². The van der Waals surface area contributed by atoms with Crippen LogP contribution < -0.4 is 5.73 Å². The van der Waals surface area contributed by atoms with E-state index in [0.29, 0.717) is 11.7 Å². The van der Waals surface area contributed by atoms with Gasteiger partial charge in [0, 0.05) is 6.20 Å². The molecule has 0 saturated carbocycles. The van der Waals surface area contributed by atoms with Crippen molar-refractivity contribution in [2.45, 2.75) is 32.9 Å². The predicted octanol–water partition coefficient (Wildman–Crippen LogP) is 2.33. The number of anilines is 1. The smallest absolute Gasteiger partial charge is 0.328 e. The lowest BCUT2D eigenvalue weighted by Gasteiger charge is -2.08. The minimum Gasteiger partial charge on any atom is -0.459 e. The van der Waals surface area contributed by atoms with Crippen LogP contribution in [0.5, 0.6) is 0 Å². The number of carbonyl (C=O) groups is 1. The molecule has 2 N–H and O–H groups in total. The van der Waals surface area contributed by atoms with Crippen LogP contribution in [0.25, 0.3) is 0 Å². The van der Waals surface area contributed by atoms with E-state index in [2.05, 4.69) is 31.1 Å². The Morgan fingerprint density at radius 2 is 2.00 bits per heavy atom. The van der Waals surface area contributed by atoms with Gasteiger partial charge in [0.05, 0.1) is 0 Å². The molecule has 0 atom stereocenters. The van der Waals surface area contributed by atoms with Crippen LogP contribution in [0, 0.1) is 0 Å². The Hall–Kier alpha value is -2.30. The second-order valence-corrected chi connectivity index (χ2v) is 5.00. The third-order valence-corrected chi connectivity index (χ3v) is 3.00. The standard InChI is InChI=1S/C15H19N3O2/c1-11(2)13-5-3-12(4-6-13)10-20-15(19)9-18-8-7-14(16)17-18/h3-8,11H,9-10H2,1-2H3,(H2,16,17). The van der Waals surface area contributed by atoms with Gasteiger partial charge in [0.1, 0.15) is 19.0 Å². The molecule has 0 amide bonds. The van der Waals surface area contributed by atoms with Crippen molar-refractivity contribution in [3.05, 3.63) is 47.7 Å². The highest BCUT2D eigenvalue weighted by Crippen LogP contribution is 2.15. The molecule has 0 aliphatic rings. The average molecular weight is 273 g/mol. The molecule has 0 aliphatic heterocycles. The Morgan fingerprint density at radius 1 is 1.30 bits per heavy atom. The first-order valence-corrected chi connectivity index (χ1v) is 6.58. The van der Waals surface area contributed by atoms with Gasteiger partial charge in [-0.15, -0.1) is 0 Å². The van der Waals surface area contributed by atoms with Crippen molar-refractivity contribution in [1.29, 1.82) is 0 Å². The van der Waals surface area contributed by atoms with Crippen molar-refractivity contribution in [3.8, 4) is 0 Å². The SMILES string of the molecule is CC(C)c1ccc(COC(=O)Cn2ccc(N)n2)cc1. The van der Waals surface area contributed by atoms with E-state index in [9.17, 15) is 4.79 Å². The van der Waals surface area contributed by atoms with E-state index in [4.69, 9.17) is 10.5 Å². The number of rotatable bonds is 5. The molecular weight excluding hydrogens is 254 g/mol. The van der Waals surface area contributed by atoms with Gasteiger partial charge in [-0.2, -0.15) is 5.10 Å². The minimum atomic E-state index is -0.332. The molecule has 1 aromatic carbocycles. The maximum absolute atomic E-state index is 11.6. The third-order valence-electron chi connectivity index (χ3n) is 3.00. The molecule has 0 saturated heterocycles. The van der Waals surface area contributed by atoms with Crippen LogP contribution in [-0.4, -0.2) is 15.7 Å².